The second-order valence-corrected chi connectivity index (χ2v) is 5.30. The zero-order valence-electron chi connectivity index (χ0n) is 9.88. The highest BCUT2D eigenvalue weighted by Crippen LogP contribution is 2.48. The minimum Gasteiger partial charge on any atom is -0.382 e. The monoisotopic (exact) mass is 214 g/mol. The van der Waals surface area contributed by atoms with E-state index >= 15 is 0 Å². The summed E-state index contributed by atoms with van der Waals surface area (Å²) >= 11 is 0. The van der Waals surface area contributed by atoms with Crippen molar-refractivity contribution in [1.29, 1.82) is 0 Å². The molecule has 84 valence electrons. The van der Waals surface area contributed by atoms with Gasteiger partial charge in [-0.3, -0.25) is 0 Å². The largest absolute Gasteiger partial charge is 0.382 e. The van der Waals surface area contributed by atoms with Gasteiger partial charge < -0.3 is 10.3 Å². The number of fused-ring (bicyclic) bond motifs is 1. The quantitative estimate of drug-likeness (QED) is 0.799. The molecule has 1 aromatic heterocycles. The standard InChI is InChI=1S/C14H18N2/c1-10(14(2)6-7-14)16-12-3-4-13-11(9-12)5-8-15-13/h3-5,8-10,15-16H,6-7H2,1-2H3. The lowest BCUT2D eigenvalue weighted by Crippen LogP contribution is -2.24. The van der Waals surface area contributed by atoms with E-state index in [-0.39, 0.29) is 0 Å². The minimum atomic E-state index is 0.521. The van der Waals surface area contributed by atoms with Crippen molar-refractivity contribution in [2.24, 2.45) is 5.41 Å². The molecule has 2 aromatic rings. The number of nitrogens with one attached hydrogen (secondary N) is 2. The van der Waals surface area contributed by atoms with Crippen LogP contribution < -0.4 is 5.32 Å². The van der Waals surface area contributed by atoms with Crippen molar-refractivity contribution in [3.8, 4) is 0 Å². The molecule has 2 N–H and O–H groups in total. The molecule has 1 aromatic carbocycles. The molecule has 0 spiro atoms. The van der Waals surface area contributed by atoms with Gasteiger partial charge in [0, 0.05) is 28.8 Å². The highest BCUT2D eigenvalue weighted by molar-refractivity contribution is 5.83. The molecule has 2 heteroatoms. The van der Waals surface area contributed by atoms with Crippen LogP contribution in [0, 0.1) is 5.41 Å². The first-order valence-corrected chi connectivity index (χ1v) is 6.01. The van der Waals surface area contributed by atoms with Gasteiger partial charge in [0.25, 0.3) is 0 Å². The van der Waals surface area contributed by atoms with E-state index < -0.39 is 0 Å². The first kappa shape index (κ1) is 9.76. The third-order valence-corrected chi connectivity index (χ3v) is 4.02. The van der Waals surface area contributed by atoms with Crippen LogP contribution in [-0.4, -0.2) is 11.0 Å². The Balaban J connectivity index is 1.83. The van der Waals surface area contributed by atoms with Gasteiger partial charge >= 0.3 is 0 Å². The lowest BCUT2D eigenvalue weighted by molar-refractivity contribution is 0.493. The van der Waals surface area contributed by atoms with Crippen LogP contribution in [0.15, 0.2) is 30.5 Å². The smallest absolute Gasteiger partial charge is 0.0455 e. The molecule has 1 atom stereocenters. The highest BCUT2D eigenvalue weighted by atomic mass is 14.9. The lowest BCUT2D eigenvalue weighted by atomic mass is 10.0. The van der Waals surface area contributed by atoms with Gasteiger partial charge in [0.15, 0.2) is 0 Å². The van der Waals surface area contributed by atoms with Gasteiger partial charge in [0.05, 0.1) is 0 Å². The predicted molar refractivity (Wildman–Crippen MR) is 68.7 cm³/mol. The van der Waals surface area contributed by atoms with E-state index in [9.17, 15) is 0 Å². The molecule has 1 fully saturated rings. The normalized spacial score (nSPS) is 19.6. The van der Waals surface area contributed by atoms with Crippen LogP contribution in [0.2, 0.25) is 0 Å². The van der Waals surface area contributed by atoms with Crippen molar-refractivity contribution in [3.63, 3.8) is 0 Å². The van der Waals surface area contributed by atoms with Crippen molar-refractivity contribution >= 4 is 16.6 Å². The molecular weight excluding hydrogens is 196 g/mol. The Hall–Kier alpha value is -1.44. The van der Waals surface area contributed by atoms with Crippen molar-refractivity contribution in [3.05, 3.63) is 30.5 Å². The van der Waals surface area contributed by atoms with Gasteiger partial charge in [-0.15, -0.1) is 0 Å². The second-order valence-electron chi connectivity index (χ2n) is 5.30. The second kappa shape index (κ2) is 3.27. The summed E-state index contributed by atoms with van der Waals surface area (Å²) < 4.78 is 0. The zero-order valence-corrected chi connectivity index (χ0v) is 9.88. The number of hydrogen-bond acceptors (Lipinski definition) is 1. The molecule has 1 aliphatic carbocycles. The van der Waals surface area contributed by atoms with E-state index in [4.69, 9.17) is 0 Å². The summed E-state index contributed by atoms with van der Waals surface area (Å²) in [5.74, 6) is 0. The van der Waals surface area contributed by atoms with E-state index in [0.717, 1.165) is 0 Å². The fourth-order valence-electron chi connectivity index (χ4n) is 2.20. The maximum Gasteiger partial charge on any atom is 0.0455 e. The Labute approximate surface area is 96.1 Å². The number of anilines is 1. The SMILES string of the molecule is CC(Nc1ccc2[nH]ccc2c1)C1(C)CC1. The molecule has 0 radical (unpaired) electrons. The Morgan fingerprint density at radius 2 is 2.12 bits per heavy atom. The summed E-state index contributed by atoms with van der Waals surface area (Å²) in [6, 6.07) is 9.18. The summed E-state index contributed by atoms with van der Waals surface area (Å²) in [5, 5.41) is 4.89. The van der Waals surface area contributed by atoms with Crippen LogP contribution in [0.5, 0.6) is 0 Å². The molecular formula is C14H18N2. The lowest BCUT2D eigenvalue weighted by Gasteiger charge is -2.21. The van der Waals surface area contributed by atoms with Crippen LogP contribution >= 0.6 is 0 Å². The molecule has 1 aliphatic rings. The Bertz CT molecular complexity index is 508. The van der Waals surface area contributed by atoms with Gasteiger partial charge in [-0.2, -0.15) is 0 Å². The van der Waals surface area contributed by atoms with Gasteiger partial charge in [0.2, 0.25) is 0 Å². The molecule has 1 heterocycles. The van der Waals surface area contributed by atoms with Crippen LogP contribution in [0.1, 0.15) is 26.7 Å². The molecule has 0 bridgehead atoms. The van der Waals surface area contributed by atoms with Gasteiger partial charge in [-0.05, 0) is 49.4 Å². The maximum absolute atomic E-state index is 3.61. The number of H-pyrrole nitrogens is 1. The van der Waals surface area contributed by atoms with Crippen LogP contribution in [0.3, 0.4) is 0 Å². The summed E-state index contributed by atoms with van der Waals surface area (Å²) in [6.45, 7) is 4.65. The number of rotatable bonds is 3. The van der Waals surface area contributed by atoms with Crippen molar-refractivity contribution in [2.75, 3.05) is 5.32 Å². The summed E-state index contributed by atoms with van der Waals surface area (Å²) in [6.07, 6.45) is 4.70. The van der Waals surface area contributed by atoms with Crippen molar-refractivity contribution in [2.45, 2.75) is 32.7 Å². The van der Waals surface area contributed by atoms with Crippen LogP contribution in [0.25, 0.3) is 10.9 Å². The maximum atomic E-state index is 3.61. The van der Waals surface area contributed by atoms with E-state index in [0.29, 0.717) is 11.5 Å². The van der Waals surface area contributed by atoms with Crippen LogP contribution in [0.4, 0.5) is 5.69 Å². The zero-order chi connectivity index (χ0) is 11.2. The molecule has 1 saturated carbocycles. The molecule has 1 unspecified atom stereocenters. The average molecular weight is 214 g/mol. The summed E-state index contributed by atoms with van der Waals surface area (Å²) in [4.78, 5) is 3.21. The number of benzene rings is 1. The Morgan fingerprint density at radius 1 is 1.31 bits per heavy atom. The first-order valence-electron chi connectivity index (χ1n) is 6.01. The minimum absolute atomic E-state index is 0.521. The van der Waals surface area contributed by atoms with Crippen molar-refractivity contribution in [1.82, 2.24) is 4.98 Å². The Kier molecular flexibility index (Phi) is 2.00. The first-order chi connectivity index (χ1) is 7.67. The van der Waals surface area contributed by atoms with Gasteiger partial charge in [0.1, 0.15) is 0 Å². The molecule has 0 aliphatic heterocycles. The molecule has 3 rings (SSSR count). The molecule has 16 heavy (non-hydrogen) atoms. The molecule has 2 nitrogen and oxygen atoms in total. The predicted octanol–water partition coefficient (Wildman–Crippen LogP) is 3.77. The van der Waals surface area contributed by atoms with Gasteiger partial charge in [-0.1, -0.05) is 6.92 Å². The number of aromatic amines is 1. The van der Waals surface area contributed by atoms with Gasteiger partial charge in [-0.25, -0.2) is 0 Å². The summed E-state index contributed by atoms with van der Waals surface area (Å²) in [7, 11) is 0. The van der Waals surface area contributed by atoms with E-state index in [1.165, 1.54) is 29.4 Å². The highest BCUT2D eigenvalue weighted by Gasteiger charge is 2.42. The fourth-order valence-corrected chi connectivity index (χ4v) is 2.20. The Morgan fingerprint density at radius 3 is 2.88 bits per heavy atom. The number of aromatic nitrogens is 1. The number of hydrogen-bond donors (Lipinski definition) is 2. The molecule has 0 saturated heterocycles. The summed E-state index contributed by atoms with van der Waals surface area (Å²) in [5.41, 5.74) is 2.95. The third kappa shape index (κ3) is 1.58. The van der Waals surface area contributed by atoms with E-state index in [1.807, 2.05) is 6.20 Å². The topological polar surface area (TPSA) is 27.8 Å². The van der Waals surface area contributed by atoms with Crippen LogP contribution in [-0.2, 0) is 0 Å². The van der Waals surface area contributed by atoms with E-state index in [2.05, 4.69) is 48.4 Å². The fraction of sp³-hybridized carbons (Fsp3) is 0.429. The third-order valence-electron chi connectivity index (χ3n) is 4.02. The van der Waals surface area contributed by atoms with Crippen molar-refractivity contribution < 1.29 is 0 Å². The molecule has 0 amide bonds. The van der Waals surface area contributed by atoms with E-state index in [1.54, 1.807) is 0 Å². The average Bonchev–Trinajstić information content (AvgIpc) is 2.87.